The second kappa shape index (κ2) is 3.73. The van der Waals surface area contributed by atoms with Crippen LogP contribution in [0.1, 0.15) is 13.8 Å². The number of carbonyl (C=O) groups is 2. The molecule has 2 atom stereocenters. The maximum absolute atomic E-state index is 10.9. The average Bonchev–Trinajstić information content (AvgIpc) is 1.84. The number of hydrogen-bond acceptors (Lipinski definition) is 3. The Morgan fingerprint density at radius 1 is 1.40 bits per heavy atom. The highest BCUT2D eigenvalue weighted by Gasteiger charge is 2.20. The SMILES string of the molecule is CC(C(=O)S)C(=O)[C@H](C)N. The van der Waals surface area contributed by atoms with E-state index >= 15 is 0 Å². The third-order valence-electron chi connectivity index (χ3n) is 1.25. The predicted molar refractivity (Wildman–Crippen MR) is 41.8 cm³/mol. The van der Waals surface area contributed by atoms with E-state index in [1.54, 1.807) is 6.92 Å². The number of ketones is 1. The van der Waals surface area contributed by atoms with E-state index in [1.165, 1.54) is 6.92 Å². The van der Waals surface area contributed by atoms with Crippen molar-refractivity contribution in [2.24, 2.45) is 11.7 Å². The van der Waals surface area contributed by atoms with Gasteiger partial charge in [0.1, 0.15) is 0 Å². The Morgan fingerprint density at radius 3 is 1.90 bits per heavy atom. The van der Waals surface area contributed by atoms with Crippen molar-refractivity contribution >= 4 is 23.5 Å². The van der Waals surface area contributed by atoms with Crippen LogP contribution in [0.2, 0.25) is 0 Å². The van der Waals surface area contributed by atoms with E-state index in [2.05, 4.69) is 12.6 Å². The zero-order chi connectivity index (χ0) is 8.31. The first kappa shape index (κ1) is 9.65. The Bertz CT molecular complexity index is 156. The van der Waals surface area contributed by atoms with E-state index in [-0.39, 0.29) is 5.78 Å². The summed E-state index contributed by atoms with van der Waals surface area (Å²) < 4.78 is 0. The van der Waals surface area contributed by atoms with Crippen LogP contribution in [0.4, 0.5) is 0 Å². The molecule has 0 aromatic rings. The Hall–Kier alpha value is -0.350. The van der Waals surface area contributed by atoms with Crippen molar-refractivity contribution < 1.29 is 9.59 Å². The maximum Gasteiger partial charge on any atom is 0.196 e. The van der Waals surface area contributed by atoms with Crippen LogP contribution < -0.4 is 5.73 Å². The highest BCUT2D eigenvalue weighted by Crippen LogP contribution is 2.03. The summed E-state index contributed by atoms with van der Waals surface area (Å²) in [5, 5.41) is -0.428. The van der Waals surface area contributed by atoms with Gasteiger partial charge in [0.2, 0.25) is 0 Å². The lowest BCUT2D eigenvalue weighted by atomic mass is 10.0. The van der Waals surface area contributed by atoms with Crippen LogP contribution in [0.25, 0.3) is 0 Å². The number of Topliss-reactive ketones (excluding diaryl/α,β-unsaturated/α-hetero) is 1. The van der Waals surface area contributed by atoms with Crippen LogP contribution in [0, 0.1) is 5.92 Å². The number of rotatable bonds is 3. The monoisotopic (exact) mass is 161 g/mol. The second-order valence-corrected chi connectivity index (χ2v) is 2.69. The molecule has 0 rings (SSSR count). The van der Waals surface area contributed by atoms with Crippen molar-refractivity contribution in [1.29, 1.82) is 0 Å². The molecule has 0 aliphatic carbocycles. The Labute approximate surface area is 65.4 Å². The molecule has 0 fully saturated rings. The van der Waals surface area contributed by atoms with E-state index in [9.17, 15) is 9.59 Å². The van der Waals surface area contributed by atoms with Gasteiger partial charge in [-0.25, -0.2) is 0 Å². The molecule has 0 spiro atoms. The van der Waals surface area contributed by atoms with Crippen LogP contribution in [-0.2, 0) is 9.59 Å². The van der Waals surface area contributed by atoms with Crippen molar-refractivity contribution in [3.05, 3.63) is 0 Å². The van der Waals surface area contributed by atoms with E-state index in [1.807, 2.05) is 0 Å². The van der Waals surface area contributed by atoms with Gasteiger partial charge in [0, 0.05) is 0 Å². The summed E-state index contributed by atoms with van der Waals surface area (Å²) in [7, 11) is 0. The van der Waals surface area contributed by atoms with Crippen LogP contribution in [0.15, 0.2) is 0 Å². The van der Waals surface area contributed by atoms with Gasteiger partial charge < -0.3 is 5.73 Å². The maximum atomic E-state index is 10.9. The molecule has 0 amide bonds. The van der Waals surface area contributed by atoms with E-state index in [0.29, 0.717) is 0 Å². The van der Waals surface area contributed by atoms with Gasteiger partial charge in [0.15, 0.2) is 10.9 Å². The van der Waals surface area contributed by atoms with Gasteiger partial charge >= 0.3 is 0 Å². The largest absolute Gasteiger partial charge is 0.322 e. The molecule has 3 nitrogen and oxygen atoms in total. The molecule has 0 bridgehead atoms. The molecule has 2 N–H and O–H groups in total. The van der Waals surface area contributed by atoms with Gasteiger partial charge in [0.05, 0.1) is 12.0 Å². The van der Waals surface area contributed by atoms with Crippen molar-refractivity contribution in [2.75, 3.05) is 0 Å². The van der Waals surface area contributed by atoms with Crippen molar-refractivity contribution in [3.8, 4) is 0 Å². The molecule has 0 aromatic heterocycles. The molecular formula is C6H11NO2S. The molecule has 0 radical (unpaired) electrons. The van der Waals surface area contributed by atoms with Crippen LogP contribution in [0.3, 0.4) is 0 Å². The zero-order valence-corrected chi connectivity index (χ0v) is 6.89. The van der Waals surface area contributed by atoms with E-state index in [0.717, 1.165) is 0 Å². The third kappa shape index (κ3) is 2.49. The van der Waals surface area contributed by atoms with Gasteiger partial charge in [-0.05, 0) is 13.8 Å². The third-order valence-corrected chi connectivity index (χ3v) is 1.63. The zero-order valence-electron chi connectivity index (χ0n) is 6.00. The molecule has 1 unspecified atom stereocenters. The van der Waals surface area contributed by atoms with E-state index < -0.39 is 17.1 Å². The minimum atomic E-state index is -0.677. The lowest BCUT2D eigenvalue weighted by Crippen LogP contribution is -2.33. The smallest absolute Gasteiger partial charge is 0.196 e. The lowest BCUT2D eigenvalue weighted by molar-refractivity contribution is -0.128. The molecule has 58 valence electrons. The summed E-state index contributed by atoms with van der Waals surface area (Å²) in [5.41, 5.74) is 5.24. The van der Waals surface area contributed by atoms with Gasteiger partial charge in [-0.1, -0.05) is 0 Å². The summed E-state index contributed by atoms with van der Waals surface area (Å²) in [4.78, 5) is 21.4. The summed E-state index contributed by atoms with van der Waals surface area (Å²) in [6.45, 7) is 3.05. The molecule has 4 heteroatoms. The number of thiol groups is 1. The van der Waals surface area contributed by atoms with Gasteiger partial charge in [0.25, 0.3) is 0 Å². The quantitative estimate of drug-likeness (QED) is 0.452. The predicted octanol–water partition coefficient (Wildman–Crippen LogP) is -0.00480. The molecular weight excluding hydrogens is 150 g/mol. The molecule has 0 aliphatic heterocycles. The minimum Gasteiger partial charge on any atom is -0.322 e. The van der Waals surface area contributed by atoms with Crippen LogP contribution in [-0.4, -0.2) is 16.9 Å². The lowest BCUT2D eigenvalue weighted by Gasteiger charge is -2.07. The fourth-order valence-corrected chi connectivity index (χ4v) is 0.643. The number of nitrogens with two attached hydrogens (primary N) is 1. The first-order valence-electron chi connectivity index (χ1n) is 2.99. The summed E-state index contributed by atoms with van der Waals surface area (Å²) in [6, 6.07) is -0.578. The Kier molecular flexibility index (Phi) is 3.60. The molecule has 0 aromatic carbocycles. The fourth-order valence-electron chi connectivity index (χ4n) is 0.516. The Morgan fingerprint density at radius 2 is 1.80 bits per heavy atom. The van der Waals surface area contributed by atoms with E-state index in [4.69, 9.17) is 5.73 Å². The van der Waals surface area contributed by atoms with Crippen molar-refractivity contribution in [1.82, 2.24) is 0 Å². The number of carbonyl (C=O) groups excluding carboxylic acids is 2. The first-order chi connectivity index (χ1) is 4.46. The number of hydrogen-bond donors (Lipinski definition) is 2. The second-order valence-electron chi connectivity index (χ2n) is 2.25. The standard InChI is InChI=1S/C6H11NO2S/c1-3(6(9)10)5(8)4(2)7/h3-4H,7H2,1-2H3,(H,9,10)/t3?,4-/m0/s1. The summed E-state index contributed by atoms with van der Waals surface area (Å²) in [6.07, 6.45) is 0. The van der Waals surface area contributed by atoms with Crippen molar-refractivity contribution in [2.45, 2.75) is 19.9 Å². The molecule has 0 heterocycles. The summed E-state index contributed by atoms with van der Waals surface area (Å²) >= 11 is 3.51. The fraction of sp³-hybridized carbons (Fsp3) is 0.667. The van der Waals surface area contributed by atoms with Gasteiger partial charge in [-0.15, -0.1) is 12.6 Å². The molecule has 0 saturated carbocycles. The van der Waals surface area contributed by atoms with Crippen LogP contribution in [0.5, 0.6) is 0 Å². The average molecular weight is 161 g/mol. The first-order valence-corrected chi connectivity index (χ1v) is 3.43. The molecule has 10 heavy (non-hydrogen) atoms. The van der Waals surface area contributed by atoms with Crippen LogP contribution >= 0.6 is 12.6 Å². The van der Waals surface area contributed by atoms with Gasteiger partial charge in [-0.3, -0.25) is 9.59 Å². The topological polar surface area (TPSA) is 60.2 Å². The Balaban J connectivity index is 4.08. The highest BCUT2D eigenvalue weighted by atomic mass is 32.1. The summed E-state index contributed by atoms with van der Waals surface area (Å²) in [5.74, 6) is -0.941. The highest BCUT2D eigenvalue weighted by molar-refractivity contribution is 7.96. The normalized spacial score (nSPS) is 16.0. The van der Waals surface area contributed by atoms with Gasteiger partial charge in [-0.2, -0.15) is 0 Å². The molecule has 0 aliphatic rings. The van der Waals surface area contributed by atoms with Crippen molar-refractivity contribution in [3.63, 3.8) is 0 Å². The molecule has 0 saturated heterocycles. The minimum absolute atomic E-state index is 0.264.